The van der Waals surface area contributed by atoms with E-state index in [-0.39, 0.29) is 24.2 Å². The lowest BCUT2D eigenvalue weighted by molar-refractivity contribution is -0.127. The highest BCUT2D eigenvalue weighted by Crippen LogP contribution is 2.04. The number of carbonyl (C=O) groups is 2. The summed E-state index contributed by atoms with van der Waals surface area (Å²) in [6.45, 7) is 7.21. The van der Waals surface area contributed by atoms with Gasteiger partial charge in [0.15, 0.2) is 5.78 Å². The molecule has 2 unspecified atom stereocenters. The van der Waals surface area contributed by atoms with Gasteiger partial charge in [-0.25, -0.2) is 0 Å². The summed E-state index contributed by atoms with van der Waals surface area (Å²) >= 11 is 0. The third-order valence-electron chi connectivity index (χ3n) is 3.52. The normalized spacial score (nSPS) is 19.7. The predicted octanol–water partition coefficient (Wildman–Crippen LogP) is -0.623. The van der Waals surface area contributed by atoms with Gasteiger partial charge in [-0.05, 0) is 5.92 Å². The second-order valence-corrected chi connectivity index (χ2v) is 5.06. The Hall–Kier alpha value is -0.980. The molecule has 1 aliphatic rings. The van der Waals surface area contributed by atoms with E-state index in [1.54, 1.807) is 0 Å². The van der Waals surface area contributed by atoms with Gasteiger partial charge in [0, 0.05) is 13.1 Å². The van der Waals surface area contributed by atoms with Crippen molar-refractivity contribution >= 4 is 11.7 Å². The number of nitrogens with zero attached hydrogens (tertiary/aromatic N) is 1. The number of carbonyl (C=O) groups excluding carboxylic acids is 2. The van der Waals surface area contributed by atoms with E-state index in [0.29, 0.717) is 19.8 Å². The van der Waals surface area contributed by atoms with Crippen LogP contribution in [0.2, 0.25) is 0 Å². The number of hydrogen-bond acceptors (Lipinski definition) is 5. The minimum atomic E-state index is -0.541. The van der Waals surface area contributed by atoms with Crippen molar-refractivity contribution in [3.05, 3.63) is 0 Å². The number of morpholine rings is 1. The molecule has 6 nitrogen and oxygen atoms in total. The highest BCUT2D eigenvalue weighted by molar-refractivity contribution is 5.89. The van der Waals surface area contributed by atoms with E-state index < -0.39 is 6.04 Å². The van der Waals surface area contributed by atoms with Crippen molar-refractivity contribution in [3.63, 3.8) is 0 Å². The van der Waals surface area contributed by atoms with Gasteiger partial charge in [0.05, 0.1) is 32.3 Å². The van der Waals surface area contributed by atoms with Crippen molar-refractivity contribution in [2.75, 3.05) is 39.4 Å². The van der Waals surface area contributed by atoms with Gasteiger partial charge < -0.3 is 15.8 Å². The van der Waals surface area contributed by atoms with E-state index >= 15 is 0 Å². The quantitative estimate of drug-likeness (QED) is 0.644. The van der Waals surface area contributed by atoms with Crippen LogP contribution in [0.3, 0.4) is 0 Å². The van der Waals surface area contributed by atoms with Crippen LogP contribution >= 0.6 is 0 Å². The molecule has 0 saturated carbocycles. The molecule has 0 bridgehead atoms. The van der Waals surface area contributed by atoms with Crippen molar-refractivity contribution in [2.45, 2.75) is 26.3 Å². The summed E-state index contributed by atoms with van der Waals surface area (Å²) < 4.78 is 5.21. The van der Waals surface area contributed by atoms with Gasteiger partial charge in [-0.1, -0.05) is 20.3 Å². The molecule has 0 aromatic heterocycles. The molecular formula is C13H25N3O3. The number of hydrogen-bond donors (Lipinski definition) is 2. The van der Waals surface area contributed by atoms with Crippen LogP contribution in [-0.2, 0) is 14.3 Å². The molecule has 3 N–H and O–H groups in total. The van der Waals surface area contributed by atoms with Crippen molar-refractivity contribution < 1.29 is 14.3 Å². The Kier molecular flexibility index (Phi) is 6.97. The number of ketones is 1. The number of nitrogens with two attached hydrogens (primary N) is 1. The molecule has 1 saturated heterocycles. The van der Waals surface area contributed by atoms with Crippen molar-refractivity contribution in [1.29, 1.82) is 0 Å². The molecule has 0 radical (unpaired) electrons. The molecule has 110 valence electrons. The van der Waals surface area contributed by atoms with Gasteiger partial charge >= 0.3 is 0 Å². The SMILES string of the molecule is CCC(C)C(N)C(=O)NCC(=O)CN1CCOCC1. The van der Waals surface area contributed by atoms with E-state index in [2.05, 4.69) is 5.32 Å². The summed E-state index contributed by atoms with van der Waals surface area (Å²) in [6, 6.07) is -0.541. The maximum Gasteiger partial charge on any atom is 0.237 e. The monoisotopic (exact) mass is 271 g/mol. The second kappa shape index (κ2) is 8.24. The van der Waals surface area contributed by atoms with Gasteiger partial charge in [-0.15, -0.1) is 0 Å². The number of nitrogens with one attached hydrogen (secondary N) is 1. The molecule has 1 rings (SSSR count). The minimum Gasteiger partial charge on any atom is -0.379 e. The summed E-state index contributed by atoms with van der Waals surface area (Å²) in [5.74, 6) is -0.120. The Morgan fingerprint density at radius 2 is 2.00 bits per heavy atom. The van der Waals surface area contributed by atoms with E-state index in [9.17, 15) is 9.59 Å². The van der Waals surface area contributed by atoms with Crippen molar-refractivity contribution in [1.82, 2.24) is 10.2 Å². The van der Waals surface area contributed by atoms with E-state index in [1.807, 2.05) is 18.7 Å². The number of Topliss-reactive ketones (excluding diaryl/α,β-unsaturated/α-hetero) is 1. The molecule has 0 aromatic rings. The smallest absolute Gasteiger partial charge is 0.237 e. The van der Waals surface area contributed by atoms with Gasteiger partial charge in [0.25, 0.3) is 0 Å². The van der Waals surface area contributed by atoms with Gasteiger partial charge in [-0.3, -0.25) is 14.5 Å². The summed E-state index contributed by atoms with van der Waals surface area (Å²) in [5.41, 5.74) is 5.79. The molecule has 1 heterocycles. The Balaban J connectivity index is 2.23. The van der Waals surface area contributed by atoms with Crippen LogP contribution in [0.4, 0.5) is 0 Å². The first-order valence-corrected chi connectivity index (χ1v) is 6.89. The summed E-state index contributed by atoms with van der Waals surface area (Å²) in [7, 11) is 0. The molecule has 1 amide bonds. The molecule has 2 atom stereocenters. The standard InChI is InChI=1S/C13H25N3O3/c1-3-10(2)12(14)13(18)15-8-11(17)9-16-4-6-19-7-5-16/h10,12H,3-9,14H2,1-2H3,(H,15,18). The number of ether oxygens (including phenoxy) is 1. The second-order valence-electron chi connectivity index (χ2n) is 5.06. The minimum absolute atomic E-state index is 0.00611. The molecule has 1 fully saturated rings. The molecule has 6 heteroatoms. The first-order valence-electron chi connectivity index (χ1n) is 6.89. The highest BCUT2D eigenvalue weighted by atomic mass is 16.5. The molecule has 0 spiro atoms. The predicted molar refractivity (Wildman–Crippen MR) is 72.7 cm³/mol. The Labute approximate surface area is 114 Å². The first kappa shape index (κ1) is 16.1. The number of amides is 1. The van der Waals surface area contributed by atoms with Crippen molar-refractivity contribution in [3.8, 4) is 0 Å². The van der Waals surface area contributed by atoms with Crippen LogP contribution in [0, 0.1) is 5.92 Å². The van der Waals surface area contributed by atoms with Crippen LogP contribution in [0.25, 0.3) is 0 Å². The maximum absolute atomic E-state index is 11.7. The van der Waals surface area contributed by atoms with Crippen molar-refractivity contribution in [2.24, 2.45) is 11.7 Å². The molecule has 19 heavy (non-hydrogen) atoms. The van der Waals surface area contributed by atoms with Gasteiger partial charge in [-0.2, -0.15) is 0 Å². The Morgan fingerprint density at radius 3 is 2.58 bits per heavy atom. The van der Waals surface area contributed by atoms with Crippen LogP contribution in [-0.4, -0.2) is 62.0 Å². The van der Waals surface area contributed by atoms with Crippen LogP contribution in [0.15, 0.2) is 0 Å². The topological polar surface area (TPSA) is 84.7 Å². The maximum atomic E-state index is 11.7. The fourth-order valence-corrected chi connectivity index (χ4v) is 1.88. The third kappa shape index (κ3) is 5.67. The summed E-state index contributed by atoms with van der Waals surface area (Å²) in [5, 5.41) is 2.62. The summed E-state index contributed by atoms with van der Waals surface area (Å²) in [4.78, 5) is 25.5. The molecule has 1 aliphatic heterocycles. The third-order valence-corrected chi connectivity index (χ3v) is 3.52. The number of rotatable bonds is 7. The zero-order valence-electron chi connectivity index (χ0n) is 11.9. The summed E-state index contributed by atoms with van der Waals surface area (Å²) in [6.07, 6.45) is 0.844. The zero-order valence-corrected chi connectivity index (χ0v) is 11.9. The molecular weight excluding hydrogens is 246 g/mol. The van der Waals surface area contributed by atoms with E-state index in [4.69, 9.17) is 10.5 Å². The fraction of sp³-hybridized carbons (Fsp3) is 0.846. The first-order chi connectivity index (χ1) is 9.04. The largest absolute Gasteiger partial charge is 0.379 e. The van der Waals surface area contributed by atoms with Gasteiger partial charge in [0.2, 0.25) is 5.91 Å². The lowest BCUT2D eigenvalue weighted by atomic mass is 9.99. The Bertz CT molecular complexity index is 304. The lowest BCUT2D eigenvalue weighted by Gasteiger charge is -2.26. The van der Waals surface area contributed by atoms with Crippen LogP contribution in [0.1, 0.15) is 20.3 Å². The van der Waals surface area contributed by atoms with E-state index in [0.717, 1.165) is 19.5 Å². The lowest BCUT2D eigenvalue weighted by Crippen LogP contribution is -2.48. The zero-order chi connectivity index (χ0) is 14.3. The average molecular weight is 271 g/mol. The fourth-order valence-electron chi connectivity index (χ4n) is 1.88. The van der Waals surface area contributed by atoms with Crippen LogP contribution < -0.4 is 11.1 Å². The molecule has 0 aromatic carbocycles. The van der Waals surface area contributed by atoms with Gasteiger partial charge in [0.1, 0.15) is 0 Å². The highest BCUT2D eigenvalue weighted by Gasteiger charge is 2.20. The van der Waals surface area contributed by atoms with Crippen LogP contribution in [0.5, 0.6) is 0 Å². The molecule has 0 aliphatic carbocycles. The van der Waals surface area contributed by atoms with E-state index in [1.165, 1.54) is 0 Å². The average Bonchev–Trinajstić information content (AvgIpc) is 2.44. The Morgan fingerprint density at radius 1 is 1.37 bits per heavy atom.